The Bertz CT molecular complexity index is 685. The molecule has 3 rings (SSSR count). The Morgan fingerprint density at radius 1 is 1.25 bits per heavy atom. The van der Waals surface area contributed by atoms with Crippen LogP contribution in [-0.2, 0) is 17.8 Å². The van der Waals surface area contributed by atoms with Crippen LogP contribution in [0.3, 0.4) is 0 Å². The molecule has 1 aromatic heterocycles. The predicted octanol–water partition coefficient (Wildman–Crippen LogP) is 2.44. The van der Waals surface area contributed by atoms with Crippen molar-refractivity contribution in [2.24, 2.45) is 0 Å². The third kappa shape index (κ3) is 3.31. The van der Waals surface area contributed by atoms with Crippen molar-refractivity contribution in [2.45, 2.75) is 32.9 Å². The number of likely N-dealkylation sites (N-methyl/N-ethyl adjacent to an activating group) is 1. The molecule has 1 aliphatic rings. The van der Waals surface area contributed by atoms with Gasteiger partial charge in [0.1, 0.15) is 12.4 Å². The van der Waals surface area contributed by atoms with Crippen LogP contribution in [0.25, 0.3) is 0 Å². The highest BCUT2D eigenvalue weighted by Crippen LogP contribution is 2.28. The molecule has 0 radical (unpaired) electrons. The summed E-state index contributed by atoms with van der Waals surface area (Å²) in [4.78, 5) is 25.8. The van der Waals surface area contributed by atoms with Crippen molar-refractivity contribution in [1.29, 1.82) is 0 Å². The largest absolute Gasteiger partial charge is 0.342 e. The molecule has 0 saturated carbocycles. The molecule has 126 valence electrons. The molecule has 0 aliphatic carbocycles. The van der Waals surface area contributed by atoms with Gasteiger partial charge in [0, 0.05) is 32.4 Å². The van der Waals surface area contributed by atoms with Crippen LogP contribution in [-0.4, -0.2) is 45.3 Å². The molecule has 1 aromatic carbocycles. The van der Waals surface area contributed by atoms with Crippen molar-refractivity contribution in [1.82, 2.24) is 19.8 Å². The van der Waals surface area contributed by atoms with E-state index < -0.39 is 0 Å². The van der Waals surface area contributed by atoms with Gasteiger partial charge in [-0.3, -0.25) is 9.69 Å². The van der Waals surface area contributed by atoms with Gasteiger partial charge in [-0.05, 0) is 31.4 Å². The lowest BCUT2D eigenvalue weighted by Crippen LogP contribution is -2.45. The van der Waals surface area contributed by atoms with E-state index in [0.29, 0.717) is 6.54 Å². The van der Waals surface area contributed by atoms with Crippen LogP contribution in [0.5, 0.6) is 0 Å². The number of benzene rings is 1. The summed E-state index contributed by atoms with van der Waals surface area (Å²) in [6, 6.07) is 9.81. The maximum Gasteiger partial charge on any atom is 0.244 e. The second-order valence-corrected chi connectivity index (χ2v) is 6.04. The predicted molar refractivity (Wildman–Crippen MR) is 93.3 cm³/mol. The van der Waals surface area contributed by atoms with E-state index in [1.54, 1.807) is 6.33 Å². The fraction of sp³-hybridized carbons (Fsp3) is 0.421. The first-order chi connectivity index (χ1) is 11.7. The van der Waals surface area contributed by atoms with E-state index in [9.17, 15) is 4.79 Å². The van der Waals surface area contributed by atoms with Gasteiger partial charge < -0.3 is 4.90 Å². The molecule has 0 bridgehead atoms. The molecule has 24 heavy (non-hydrogen) atoms. The standard InChI is InChI=1S/C19H24N4O/c1-3-22(4-2)19(24)18(15-8-6-5-7-9-15)23-11-10-16-12-20-14-21-17(16)13-23/h5-9,12,14,18H,3-4,10-11,13H2,1-2H3/t18-/m0/s1. The summed E-state index contributed by atoms with van der Waals surface area (Å²) in [5, 5.41) is 0. The van der Waals surface area contributed by atoms with Gasteiger partial charge >= 0.3 is 0 Å². The maximum atomic E-state index is 13.2. The zero-order chi connectivity index (χ0) is 16.9. The number of rotatable bonds is 5. The summed E-state index contributed by atoms with van der Waals surface area (Å²) in [5.74, 6) is 0.170. The summed E-state index contributed by atoms with van der Waals surface area (Å²) in [7, 11) is 0. The summed E-state index contributed by atoms with van der Waals surface area (Å²) in [6.45, 7) is 7.04. The van der Waals surface area contributed by atoms with Crippen molar-refractivity contribution < 1.29 is 4.79 Å². The first-order valence-corrected chi connectivity index (χ1v) is 8.60. The highest BCUT2D eigenvalue weighted by atomic mass is 16.2. The topological polar surface area (TPSA) is 49.3 Å². The normalized spacial score (nSPS) is 15.6. The van der Waals surface area contributed by atoms with E-state index >= 15 is 0 Å². The number of nitrogens with zero attached hydrogens (tertiary/aromatic N) is 4. The molecule has 5 nitrogen and oxygen atoms in total. The van der Waals surface area contributed by atoms with E-state index in [1.165, 1.54) is 5.56 Å². The number of amides is 1. The Labute approximate surface area is 143 Å². The number of carbonyl (C=O) groups excluding carboxylic acids is 1. The molecule has 0 fully saturated rings. The smallest absolute Gasteiger partial charge is 0.244 e. The second-order valence-electron chi connectivity index (χ2n) is 6.04. The molecule has 1 amide bonds. The first kappa shape index (κ1) is 16.6. The maximum absolute atomic E-state index is 13.2. The van der Waals surface area contributed by atoms with Crippen molar-refractivity contribution in [2.75, 3.05) is 19.6 Å². The molecule has 1 atom stereocenters. The van der Waals surface area contributed by atoms with Gasteiger partial charge in [-0.1, -0.05) is 30.3 Å². The Morgan fingerprint density at radius 2 is 2.00 bits per heavy atom. The molecular weight excluding hydrogens is 300 g/mol. The lowest BCUT2D eigenvalue weighted by molar-refractivity contribution is -0.137. The van der Waals surface area contributed by atoms with Crippen LogP contribution >= 0.6 is 0 Å². The van der Waals surface area contributed by atoms with Gasteiger partial charge in [0.2, 0.25) is 5.91 Å². The lowest BCUT2D eigenvalue weighted by Gasteiger charge is -2.36. The highest BCUT2D eigenvalue weighted by molar-refractivity contribution is 5.83. The Morgan fingerprint density at radius 3 is 2.71 bits per heavy atom. The van der Waals surface area contributed by atoms with Crippen LogP contribution in [0.1, 0.15) is 36.7 Å². The van der Waals surface area contributed by atoms with Gasteiger partial charge in [0.25, 0.3) is 0 Å². The molecule has 0 N–H and O–H groups in total. The SMILES string of the molecule is CCN(CC)C(=O)[C@H](c1ccccc1)N1CCc2cncnc2C1. The van der Waals surface area contributed by atoms with E-state index in [4.69, 9.17) is 0 Å². The van der Waals surface area contributed by atoms with Crippen molar-refractivity contribution in [3.8, 4) is 0 Å². The Kier molecular flexibility index (Phi) is 5.20. The van der Waals surface area contributed by atoms with Crippen molar-refractivity contribution in [3.05, 3.63) is 59.7 Å². The number of hydrogen-bond donors (Lipinski definition) is 0. The van der Waals surface area contributed by atoms with E-state index in [-0.39, 0.29) is 11.9 Å². The molecule has 0 spiro atoms. The zero-order valence-electron chi connectivity index (χ0n) is 14.4. The minimum atomic E-state index is -0.255. The third-order valence-corrected chi connectivity index (χ3v) is 4.69. The van der Waals surface area contributed by atoms with Gasteiger partial charge in [-0.25, -0.2) is 9.97 Å². The van der Waals surface area contributed by atoms with Crippen LogP contribution in [0.2, 0.25) is 0 Å². The minimum Gasteiger partial charge on any atom is -0.342 e. The van der Waals surface area contributed by atoms with E-state index in [0.717, 1.165) is 37.3 Å². The fourth-order valence-corrected chi connectivity index (χ4v) is 3.34. The van der Waals surface area contributed by atoms with Gasteiger partial charge in [0.05, 0.1) is 5.69 Å². The highest BCUT2D eigenvalue weighted by Gasteiger charge is 2.32. The Hall–Kier alpha value is -2.27. The van der Waals surface area contributed by atoms with Crippen LogP contribution < -0.4 is 0 Å². The van der Waals surface area contributed by atoms with Crippen LogP contribution in [0.15, 0.2) is 42.9 Å². The number of aromatic nitrogens is 2. The summed E-state index contributed by atoms with van der Waals surface area (Å²) >= 11 is 0. The van der Waals surface area contributed by atoms with Crippen molar-refractivity contribution in [3.63, 3.8) is 0 Å². The first-order valence-electron chi connectivity index (χ1n) is 8.60. The molecule has 0 unspecified atom stereocenters. The Balaban J connectivity index is 1.92. The fourth-order valence-electron chi connectivity index (χ4n) is 3.34. The second kappa shape index (κ2) is 7.53. The monoisotopic (exact) mass is 324 g/mol. The van der Waals surface area contributed by atoms with E-state index in [2.05, 4.69) is 14.9 Å². The summed E-state index contributed by atoms with van der Waals surface area (Å²) < 4.78 is 0. The number of hydrogen-bond acceptors (Lipinski definition) is 4. The third-order valence-electron chi connectivity index (χ3n) is 4.69. The number of fused-ring (bicyclic) bond motifs is 1. The average Bonchev–Trinajstić information content (AvgIpc) is 2.64. The van der Waals surface area contributed by atoms with Crippen LogP contribution in [0, 0.1) is 0 Å². The summed E-state index contributed by atoms with van der Waals surface area (Å²) in [6.07, 6.45) is 4.36. The van der Waals surface area contributed by atoms with Gasteiger partial charge in [-0.2, -0.15) is 0 Å². The number of carbonyl (C=O) groups is 1. The summed E-state index contributed by atoms with van der Waals surface area (Å²) in [5.41, 5.74) is 3.27. The molecule has 2 aromatic rings. The van der Waals surface area contributed by atoms with Gasteiger partial charge in [0.15, 0.2) is 0 Å². The quantitative estimate of drug-likeness (QED) is 0.848. The van der Waals surface area contributed by atoms with E-state index in [1.807, 2.05) is 55.3 Å². The average molecular weight is 324 g/mol. The molecular formula is C19H24N4O. The molecule has 5 heteroatoms. The minimum absolute atomic E-state index is 0.170. The zero-order valence-corrected chi connectivity index (χ0v) is 14.4. The van der Waals surface area contributed by atoms with Crippen molar-refractivity contribution >= 4 is 5.91 Å². The van der Waals surface area contributed by atoms with Gasteiger partial charge in [-0.15, -0.1) is 0 Å². The molecule has 0 saturated heterocycles. The molecule has 1 aliphatic heterocycles. The van der Waals surface area contributed by atoms with Crippen LogP contribution in [0.4, 0.5) is 0 Å². The lowest BCUT2D eigenvalue weighted by atomic mass is 9.99. The molecule has 2 heterocycles.